The van der Waals surface area contributed by atoms with Crippen LogP contribution in [0.15, 0.2) is 28.9 Å². The standard InChI is InChI=1S/C14H16BrN5/c1-19(2)14-18-9-12(20(14)3)8-17-13-6-11(15)5-4-10(13)7-16/h4-6,9,17H,8H2,1-3H3. The number of nitrogens with one attached hydrogen (secondary N) is 1. The summed E-state index contributed by atoms with van der Waals surface area (Å²) in [5.41, 5.74) is 2.50. The van der Waals surface area contributed by atoms with Crippen molar-refractivity contribution in [3.05, 3.63) is 40.1 Å². The van der Waals surface area contributed by atoms with E-state index in [0.29, 0.717) is 12.1 Å². The molecule has 2 rings (SSSR count). The largest absolute Gasteiger partial charge is 0.378 e. The van der Waals surface area contributed by atoms with Gasteiger partial charge in [0.1, 0.15) is 6.07 Å². The van der Waals surface area contributed by atoms with Crippen LogP contribution in [0.3, 0.4) is 0 Å². The number of aromatic nitrogens is 2. The Morgan fingerprint density at radius 3 is 2.80 bits per heavy atom. The molecule has 0 saturated heterocycles. The second-order valence-corrected chi connectivity index (χ2v) is 5.57. The van der Waals surface area contributed by atoms with Crippen LogP contribution >= 0.6 is 15.9 Å². The van der Waals surface area contributed by atoms with Crippen molar-refractivity contribution in [1.29, 1.82) is 5.26 Å². The first-order valence-corrected chi connectivity index (χ1v) is 6.93. The Morgan fingerprint density at radius 2 is 2.20 bits per heavy atom. The van der Waals surface area contributed by atoms with Gasteiger partial charge in [-0.3, -0.25) is 0 Å². The number of hydrogen-bond donors (Lipinski definition) is 1. The van der Waals surface area contributed by atoms with Crippen LogP contribution in [0.4, 0.5) is 11.6 Å². The average Bonchev–Trinajstić information content (AvgIpc) is 2.78. The minimum absolute atomic E-state index is 0.614. The van der Waals surface area contributed by atoms with Gasteiger partial charge < -0.3 is 14.8 Å². The first-order valence-electron chi connectivity index (χ1n) is 6.14. The van der Waals surface area contributed by atoms with Crippen LogP contribution in [0.2, 0.25) is 0 Å². The van der Waals surface area contributed by atoms with Crippen LogP contribution in [0.5, 0.6) is 0 Å². The van der Waals surface area contributed by atoms with Gasteiger partial charge in [-0.2, -0.15) is 5.26 Å². The number of anilines is 2. The van der Waals surface area contributed by atoms with Gasteiger partial charge in [-0.1, -0.05) is 15.9 Å². The van der Waals surface area contributed by atoms with E-state index in [9.17, 15) is 0 Å². The fraction of sp³-hybridized carbons (Fsp3) is 0.286. The molecule has 20 heavy (non-hydrogen) atoms. The summed E-state index contributed by atoms with van der Waals surface area (Å²) in [6, 6.07) is 7.74. The monoisotopic (exact) mass is 333 g/mol. The number of imidazole rings is 1. The minimum atomic E-state index is 0.614. The fourth-order valence-electron chi connectivity index (χ4n) is 1.96. The summed E-state index contributed by atoms with van der Waals surface area (Å²) < 4.78 is 2.97. The van der Waals surface area contributed by atoms with E-state index in [1.165, 1.54) is 0 Å². The van der Waals surface area contributed by atoms with Crippen LogP contribution in [-0.2, 0) is 13.6 Å². The Labute approximate surface area is 127 Å². The third-order valence-corrected chi connectivity index (χ3v) is 3.52. The van der Waals surface area contributed by atoms with Crippen LogP contribution in [0, 0.1) is 11.3 Å². The molecule has 0 bridgehead atoms. The molecule has 1 aromatic carbocycles. The average molecular weight is 334 g/mol. The van der Waals surface area contributed by atoms with Gasteiger partial charge in [0.15, 0.2) is 0 Å². The molecule has 1 heterocycles. The Balaban J connectivity index is 2.17. The molecule has 1 aromatic heterocycles. The van der Waals surface area contributed by atoms with Gasteiger partial charge in [0.25, 0.3) is 0 Å². The highest BCUT2D eigenvalue weighted by molar-refractivity contribution is 9.10. The van der Waals surface area contributed by atoms with Crippen molar-refractivity contribution < 1.29 is 0 Å². The smallest absolute Gasteiger partial charge is 0.204 e. The van der Waals surface area contributed by atoms with E-state index in [1.54, 1.807) is 6.07 Å². The summed E-state index contributed by atoms with van der Waals surface area (Å²) in [6.07, 6.45) is 1.84. The molecule has 0 aliphatic heterocycles. The molecule has 0 spiro atoms. The quantitative estimate of drug-likeness (QED) is 0.934. The summed E-state index contributed by atoms with van der Waals surface area (Å²) in [7, 11) is 5.90. The molecule has 0 saturated carbocycles. The molecule has 1 N–H and O–H groups in total. The lowest BCUT2D eigenvalue weighted by molar-refractivity contribution is 0.814. The molecule has 104 valence electrons. The predicted octanol–water partition coefficient (Wildman–Crippen LogP) is 2.73. The van der Waals surface area contributed by atoms with Crippen molar-refractivity contribution in [2.75, 3.05) is 24.3 Å². The third kappa shape index (κ3) is 2.94. The van der Waals surface area contributed by atoms with Crippen molar-refractivity contribution in [1.82, 2.24) is 9.55 Å². The van der Waals surface area contributed by atoms with E-state index >= 15 is 0 Å². The van der Waals surface area contributed by atoms with Gasteiger partial charge in [-0.15, -0.1) is 0 Å². The maximum Gasteiger partial charge on any atom is 0.204 e. The highest BCUT2D eigenvalue weighted by Gasteiger charge is 2.09. The van der Waals surface area contributed by atoms with Crippen molar-refractivity contribution in [3.8, 4) is 6.07 Å². The highest BCUT2D eigenvalue weighted by atomic mass is 79.9. The van der Waals surface area contributed by atoms with Gasteiger partial charge in [0, 0.05) is 25.6 Å². The Bertz CT molecular complexity index is 654. The molecular weight excluding hydrogens is 318 g/mol. The van der Waals surface area contributed by atoms with E-state index in [4.69, 9.17) is 5.26 Å². The summed E-state index contributed by atoms with van der Waals surface area (Å²) in [5, 5.41) is 12.4. The SMILES string of the molecule is CN(C)c1ncc(CNc2cc(Br)ccc2C#N)n1C. The minimum Gasteiger partial charge on any atom is -0.378 e. The molecule has 0 fully saturated rings. The van der Waals surface area contributed by atoms with Crippen molar-refractivity contribution in [3.63, 3.8) is 0 Å². The molecule has 2 aromatic rings. The van der Waals surface area contributed by atoms with E-state index in [-0.39, 0.29) is 0 Å². The summed E-state index contributed by atoms with van der Waals surface area (Å²) in [5.74, 6) is 0.900. The lowest BCUT2D eigenvalue weighted by atomic mass is 10.2. The number of hydrogen-bond acceptors (Lipinski definition) is 4. The predicted molar refractivity (Wildman–Crippen MR) is 83.7 cm³/mol. The molecule has 0 aliphatic rings. The van der Waals surface area contributed by atoms with Crippen LogP contribution in [-0.4, -0.2) is 23.6 Å². The number of nitriles is 1. The molecule has 5 nitrogen and oxygen atoms in total. The zero-order valence-corrected chi connectivity index (χ0v) is 13.3. The normalized spacial score (nSPS) is 10.2. The summed E-state index contributed by atoms with van der Waals surface area (Å²) >= 11 is 3.42. The van der Waals surface area contributed by atoms with Crippen molar-refractivity contribution in [2.24, 2.45) is 7.05 Å². The first-order chi connectivity index (χ1) is 9.52. The maximum atomic E-state index is 9.11. The number of benzene rings is 1. The van der Waals surface area contributed by atoms with Gasteiger partial charge in [-0.05, 0) is 18.2 Å². The van der Waals surface area contributed by atoms with E-state index in [0.717, 1.165) is 21.8 Å². The highest BCUT2D eigenvalue weighted by Crippen LogP contribution is 2.22. The number of rotatable bonds is 4. The zero-order valence-electron chi connectivity index (χ0n) is 11.7. The Morgan fingerprint density at radius 1 is 1.45 bits per heavy atom. The summed E-state index contributed by atoms with van der Waals surface area (Å²) in [4.78, 5) is 6.32. The molecule has 0 aliphatic carbocycles. The van der Waals surface area contributed by atoms with Gasteiger partial charge in [0.2, 0.25) is 5.95 Å². The van der Waals surface area contributed by atoms with Gasteiger partial charge >= 0.3 is 0 Å². The number of nitrogens with zero attached hydrogens (tertiary/aromatic N) is 4. The zero-order chi connectivity index (χ0) is 14.7. The third-order valence-electron chi connectivity index (χ3n) is 3.02. The molecule has 6 heteroatoms. The lowest BCUT2D eigenvalue weighted by Gasteiger charge is -2.13. The molecule has 0 atom stereocenters. The fourth-order valence-corrected chi connectivity index (χ4v) is 2.32. The van der Waals surface area contributed by atoms with Crippen LogP contribution < -0.4 is 10.2 Å². The molecule has 0 radical (unpaired) electrons. The van der Waals surface area contributed by atoms with Crippen molar-refractivity contribution >= 4 is 27.6 Å². The molecule has 0 amide bonds. The maximum absolute atomic E-state index is 9.11. The second-order valence-electron chi connectivity index (χ2n) is 4.66. The lowest BCUT2D eigenvalue weighted by Crippen LogP contribution is -2.15. The van der Waals surface area contributed by atoms with Crippen molar-refractivity contribution in [2.45, 2.75) is 6.54 Å². The topological polar surface area (TPSA) is 56.9 Å². The first kappa shape index (κ1) is 14.4. The second kappa shape index (κ2) is 5.97. The molecule has 0 unspecified atom stereocenters. The van der Waals surface area contributed by atoms with E-state index in [1.807, 2.05) is 48.9 Å². The van der Waals surface area contributed by atoms with Gasteiger partial charge in [-0.25, -0.2) is 4.98 Å². The summed E-state index contributed by atoms with van der Waals surface area (Å²) in [6.45, 7) is 0.614. The number of halogens is 1. The Kier molecular flexibility index (Phi) is 4.30. The van der Waals surface area contributed by atoms with E-state index in [2.05, 4.69) is 32.3 Å². The van der Waals surface area contributed by atoms with E-state index < -0.39 is 0 Å². The van der Waals surface area contributed by atoms with Crippen LogP contribution in [0.25, 0.3) is 0 Å². The van der Waals surface area contributed by atoms with Crippen LogP contribution in [0.1, 0.15) is 11.3 Å². The van der Waals surface area contributed by atoms with Gasteiger partial charge in [0.05, 0.1) is 29.7 Å². The Hall–Kier alpha value is -2.00. The molecular formula is C14H16BrN5.